The Hall–Kier alpha value is -1.29. The van der Waals surface area contributed by atoms with Gasteiger partial charge in [0.1, 0.15) is 5.15 Å². The van der Waals surface area contributed by atoms with E-state index in [1.165, 1.54) is 12.3 Å². The Labute approximate surface area is 100 Å². The Balaban J connectivity index is 2.83. The summed E-state index contributed by atoms with van der Waals surface area (Å²) in [5.74, 6) is -0.116. The zero-order valence-electron chi connectivity index (χ0n) is 9.53. The molecule has 4 nitrogen and oxygen atoms in total. The van der Waals surface area contributed by atoms with Gasteiger partial charge in [-0.25, -0.2) is 4.98 Å². The highest BCUT2D eigenvalue weighted by Crippen LogP contribution is 2.16. The van der Waals surface area contributed by atoms with Crippen molar-refractivity contribution in [1.29, 1.82) is 0 Å². The van der Waals surface area contributed by atoms with E-state index in [4.69, 9.17) is 17.3 Å². The number of nitrogen functional groups attached to an aromatic ring is 1. The molecule has 0 aromatic carbocycles. The predicted molar refractivity (Wildman–Crippen MR) is 65.5 cm³/mol. The number of carbonyl (C=O) groups is 1. The van der Waals surface area contributed by atoms with E-state index >= 15 is 0 Å². The first-order valence-corrected chi connectivity index (χ1v) is 5.60. The molecule has 0 atom stereocenters. The van der Waals surface area contributed by atoms with Gasteiger partial charge in [0.25, 0.3) is 5.91 Å². The second-order valence-corrected chi connectivity index (χ2v) is 4.06. The van der Waals surface area contributed by atoms with Crippen LogP contribution in [0.5, 0.6) is 0 Å². The Kier molecular flexibility index (Phi) is 4.55. The third-order valence-electron chi connectivity index (χ3n) is 2.33. The number of anilines is 1. The van der Waals surface area contributed by atoms with Crippen LogP contribution in [0.15, 0.2) is 12.3 Å². The summed E-state index contributed by atoms with van der Waals surface area (Å²) < 4.78 is 0. The molecular formula is C11H16ClN3O. The normalized spacial score (nSPS) is 10.2. The van der Waals surface area contributed by atoms with Crippen LogP contribution in [0, 0.1) is 0 Å². The highest BCUT2D eigenvalue weighted by atomic mass is 35.5. The van der Waals surface area contributed by atoms with Crippen molar-refractivity contribution in [2.75, 3.05) is 19.3 Å². The number of aromatic nitrogens is 1. The molecule has 1 heterocycles. The minimum Gasteiger partial charge on any atom is -0.397 e. The first-order chi connectivity index (χ1) is 7.56. The van der Waals surface area contributed by atoms with Crippen LogP contribution in [0.1, 0.15) is 30.1 Å². The van der Waals surface area contributed by atoms with Gasteiger partial charge < -0.3 is 10.6 Å². The first-order valence-electron chi connectivity index (χ1n) is 5.22. The molecular weight excluding hydrogens is 226 g/mol. The molecule has 0 aliphatic rings. The fourth-order valence-electron chi connectivity index (χ4n) is 1.33. The molecule has 5 heteroatoms. The van der Waals surface area contributed by atoms with Crippen LogP contribution in [0.4, 0.5) is 5.69 Å². The van der Waals surface area contributed by atoms with Gasteiger partial charge in [-0.2, -0.15) is 0 Å². The zero-order valence-corrected chi connectivity index (χ0v) is 10.3. The number of nitrogens with zero attached hydrogens (tertiary/aromatic N) is 2. The maximum absolute atomic E-state index is 12.0. The summed E-state index contributed by atoms with van der Waals surface area (Å²) in [7, 11) is 1.76. The Bertz CT molecular complexity index is 381. The third kappa shape index (κ3) is 3.10. The molecule has 1 aromatic rings. The standard InChI is InChI=1S/C11H16ClN3O/c1-3-4-5-15(2)11(16)8-6-10(12)14-7-9(8)13/h6-7H,3-5,13H2,1-2H3. The molecule has 0 aliphatic carbocycles. The van der Waals surface area contributed by atoms with Crippen molar-refractivity contribution >= 4 is 23.2 Å². The van der Waals surface area contributed by atoms with E-state index < -0.39 is 0 Å². The number of carbonyl (C=O) groups excluding carboxylic acids is 1. The molecule has 16 heavy (non-hydrogen) atoms. The first kappa shape index (κ1) is 12.8. The zero-order chi connectivity index (χ0) is 12.1. The average molecular weight is 242 g/mol. The molecule has 1 rings (SSSR count). The van der Waals surface area contributed by atoms with Gasteiger partial charge in [0.05, 0.1) is 17.4 Å². The number of halogens is 1. The molecule has 88 valence electrons. The summed E-state index contributed by atoms with van der Waals surface area (Å²) >= 11 is 5.73. The molecule has 1 aromatic heterocycles. The minimum absolute atomic E-state index is 0.116. The smallest absolute Gasteiger partial charge is 0.255 e. The van der Waals surface area contributed by atoms with Crippen molar-refractivity contribution in [3.63, 3.8) is 0 Å². The number of hydrogen-bond donors (Lipinski definition) is 1. The van der Waals surface area contributed by atoms with Crippen LogP contribution in [-0.2, 0) is 0 Å². The van der Waals surface area contributed by atoms with Gasteiger partial charge in [0.15, 0.2) is 0 Å². The molecule has 0 saturated heterocycles. The summed E-state index contributed by atoms with van der Waals surface area (Å²) in [6.45, 7) is 2.80. The van der Waals surface area contributed by atoms with Gasteiger partial charge in [-0.05, 0) is 12.5 Å². The lowest BCUT2D eigenvalue weighted by atomic mass is 10.2. The van der Waals surface area contributed by atoms with Crippen molar-refractivity contribution in [2.45, 2.75) is 19.8 Å². The van der Waals surface area contributed by atoms with Crippen molar-refractivity contribution in [2.24, 2.45) is 0 Å². The van der Waals surface area contributed by atoms with E-state index in [0.29, 0.717) is 17.8 Å². The van der Waals surface area contributed by atoms with Gasteiger partial charge in [-0.3, -0.25) is 4.79 Å². The lowest BCUT2D eigenvalue weighted by Gasteiger charge is -2.17. The maximum atomic E-state index is 12.0. The van der Waals surface area contributed by atoms with Crippen molar-refractivity contribution < 1.29 is 4.79 Å². The Morgan fingerprint density at radius 1 is 1.62 bits per heavy atom. The van der Waals surface area contributed by atoms with Crippen LogP contribution in [0.25, 0.3) is 0 Å². The average Bonchev–Trinajstić information content (AvgIpc) is 2.28. The van der Waals surface area contributed by atoms with Crippen molar-refractivity contribution in [1.82, 2.24) is 9.88 Å². The number of rotatable bonds is 4. The van der Waals surface area contributed by atoms with Crippen LogP contribution in [0.3, 0.4) is 0 Å². The van der Waals surface area contributed by atoms with E-state index in [1.807, 2.05) is 0 Å². The molecule has 0 unspecified atom stereocenters. The number of nitrogens with two attached hydrogens (primary N) is 1. The van der Waals surface area contributed by atoms with E-state index in [9.17, 15) is 4.79 Å². The highest BCUT2D eigenvalue weighted by molar-refractivity contribution is 6.29. The summed E-state index contributed by atoms with van der Waals surface area (Å²) in [6, 6.07) is 1.50. The lowest BCUT2D eigenvalue weighted by Crippen LogP contribution is -2.28. The van der Waals surface area contributed by atoms with Crippen molar-refractivity contribution in [3.8, 4) is 0 Å². The maximum Gasteiger partial charge on any atom is 0.255 e. The van der Waals surface area contributed by atoms with Gasteiger partial charge in [-0.1, -0.05) is 24.9 Å². The molecule has 0 radical (unpaired) electrons. The fraction of sp³-hybridized carbons (Fsp3) is 0.455. The van der Waals surface area contributed by atoms with E-state index in [2.05, 4.69) is 11.9 Å². The monoisotopic (exact) mass is 241 g/mol. The van der Waals surface area contributed by atoms with Crippen molar-refractivity contribution in [3.05, 3.63) is 23.0 Å². The summed E-state index contributed by atoms with van der Waals surface area (Å²) in [5, 5.41) is 0.279. The van der Waals surface area contributed by atoms with Gasteiger partial charge in [0.2, 0.25) is 0 Å². The van der Waals surface area contributed by atoms with Gasteiger partial charge in [-0.15, -0.1) is 0 Å². The number of hydrogen-bond acceptors (Lipinski definition) is 3. The van der Waals surface area contributed by atoms with Gasteiger partial charge in [0, 0.05) is 13.6 Å². The topological polar surface area (TPSA) is 59.2 Å². The molecule has 0 fully saturated rings. The van der Waals surface area contributed by atoms with E-state index in [0.717, 1.165) is 12.8 Å². The van der Waals surface area contributed by atoms with E-state index in [-0.39, 0.29) is 11.1 Å². The lowest BCUT2D eigenvalue weighted by molar-refractivity contribution is 0.0794. The summed E-state index contributed by atoms with van der Waals surface area (Å²) in [5.41, 5.74) is 6.46. The summed E-state index contributed by atoms with van der Waals surface area (Å²) in [6.07, 6.45) is 3.42. The van der Waals surface area contributed by atoms with E-state index in [1.54, 1.807) is 11.9 Å². The Morgan fingerprint density at radius 2 is 2.31 bits per heavy atom. The molecule has 2 N–H and O–H groups in total. The summed E-state index contributed by atoms with van der Waals surface area (Å²) in [4.78, 5) is 17.4. The quantitative estimate of drug-likeness (QED) is 0.822. The molecule has 0 aliphatic heterocycles. The third-order valence-corrected chi connectivity index (χ3v) is 2.53. The predicted octanol–water partition coefficient (Wildman–Crippen LogP) is 2.19. The SMILES string of the molecule is CCCCN(C)C(=O)c1cc(Cl)ncc1N. The second kappa shape index (κ2) is 5.70. The van der Waals surface area contributed by atoms with Crippen LogP contribution >= 0.6 is 11.6 Å². The number of unbranched alkanes of at least 4 members (excludes halogenated alkanes) is 1. The molecule has 0 spiro atoms. The molecule has 0 saturated carbocycles. The minimum atomic E-state index is -0.116. The van der Waals surface area contributed by atoms with Crippen LogP contribution in [0.2, 0.25) is 5.15 Å². The van der Waals surface area contributed by atoms with Crippen LogP contribution < -0.4 is 5.73 Å². The molecule has 1 amide bonds. The fourth-order valence-corrected chi connectivity index (χ4v) is 1.49. The molecule has 0 bridgehead atoms. The number of pyridine rings is 1. The second-order valence-electron chi connectivity index (χ2n) is 3.67. The van der Waals surface area contributed by atoms with Crippen LogP contribution in [-0.4, -0.2) is 29.4 Å². The largest absolute Gasteiger partial charge is 0.397 e. The highest BCUT2D eigenvalue weighted by Gasteiger charge is 2.14. The van der Waals surface area contributed by atoms with Gasteiger partial charge >= 0.3 is 0 Å². The Morgan fingerprint density at radius 3 is 2.94 bits per heavy atom. The number of amides is 1.